The maximum absolute atomic E-state index is 13.5. The molecule has 3 N–H and O–H groups in total. The lowest BCUT2D eigenvalue weighted by Crippen LogP contribution is -2.46. The Morgan fingerprint density at radius 1 is 1.35 bits per heavy atom. The van der Waals surface area contributed by atoms with Gasteiger partial charge < -0.3 is 10.6 Å². The molecule has 0 aliphatic carbocycles. The van der Waals surface area contributed by atoms with E-state index in [1.807, 2.05) is 0 Å². The minimum Gasteiger partial charge on any atom is -0.352 e. The lowest BCUT2D eigenvalue weighted by atomic mass is 10.1. The molecule has 0 bridgehead atoms. The summed E-state index contributed by atoms with van der Waals surface area (Å²) in [6.45, 7) is 1.62. The quantitative estimate of drug-likeness (QED) is 0.695. The van der Waals surface area contributed by atoms with E-state index < -0.39 is 20.7 Å². The molecule has 1 aliphatic heterocycles. The molecule has 23 heavy (non-hydrogen) atoms. The summed E-state index contributed by atoms with van der Waals surface area (Å²) in [4.78, 5) is 11.3. The smallest absolute Gasteiger partial charge is 0.243 e. The summed E-state index contributed by atoms with van der Waals surface area (Å²) < 4.78 is 39.6. The zero-order valence-electron chi connectivity index (χ0n) is 12.5. The van der Waals surface area contributed by atoms with Crippen LogP contribution in [0.25, 0.3) is 0 Å². The number of amides is 1. The molecule has 1 aromatic carbocycles. The van der Waals surface area contributed by atoms with E-state index in [9.17, 15) is 17.6 Å². The van der Waals surface area contributed by atoms with Crippen molar-refractivity contribution in [3.8, 4) is 0 Å². The minimum absolute atomic E-state index is 0. The van der Waals surface area contributed by atoms with Crippen LogP contribution in [0.1, 0.15) is 19.3 Å². The van der Waals surface area contributed by atoms with Crippen LogP contribution in [-0.2, 0) is 14.8 Å². The van der Waals surface area contributed by atoms with Crippen LogP contribution < -0.4 is 15.4 Å². The molecule has 2 rings (SSSR count). The molecule has 0 spiro atoms. The Hall–Kier alpha value is -1.22. The number of nitrogens with one attached hydrogen (secondary N) is 3. The molecule has 1 fully saturated rings. The fourth-order valence-electron chi connectivity index (χ4n) is 2.31. The average molecular weight is 366 g/mol. The van der Waals surface area contributed by atoms with E-state index in [1.54, 1.807) is 0 Å². The van der Waals surface area contributed by atoms with Crippen LogP contribution in [0.15, 0.2) is 29.2 Å². The third kappa shape index (κ3) is 6.06. The highest BCUT2D eigenvalue weighted by atomic mass is 35.5. The van der Waals surface area contributed by atoms with Gasteiger partial charge in [0.25, 0.3) is 0 Å². The fraction of sp³-hybridized carbons (Fsp3) is 0.500. The van der Waals surface area contributed by atoms with Crippen molar-refractivity contribution in [1.29, 1.82) is 0 Å². The number of rotatable bonds is 6. The van der Waals surface area contributed by atoms with Crippen molar-refractivity contribution in [2.45, 2.75) is 30.2 Å². The lowest BCUT2D eigenvalue weighted by Gasteiger charge is -2.23. The number of hydrogen-bond acceptors (Lipinski definition) is 4. The van der Waals surface area contributed by atoms with Crippen LogP contribution in [0.2, 0.25) is 0 Å². The normalized spacial score (nSPS) is 18.0. The number of hydrogen-bond donors (Lipinski definition) is 3. The highest BCUT2D eigenvalue weighted by molar-refractivity contribution is 7.89. The van der Waals surface area contributed by atoms with Gasteiger partial charge in [-0.1, -0.05) is 12.1 Å². The highest BCUT2D eigenvalue weighted by Crippen LogP contribution is 2.12. The van der Waals surface area contributed by atoms with Crippen molar-refractivity contribution < 1.29 is 17.6 Å². The average Bonchev–Trinajstić information content (AvgIpc) is 2.48. The predicted octanol–water partition coefficient (Wildman–Crippen LogP) is 0.784. The summed E-state index contributed by atoms with van der Waals surface area (Å²) in [5.41, 5.74) is 0. The summed E-state index contributed by atoms with van der Waals surface area (Å²) in [6.07, 6.45) is 1.94. The van der Waals surface area contributed by atoms with E-state index in [0.29, 0.717) is 0 Å². The Morgan fingerprint density at radius 3 is 2.74 bits per heavy atom. The predicted molar refractivity (Wildman–Crippen MR) is 87.5 cm³/mol. The van der Waals surface area contributed by atoms with Gasteiger partial charge in [-0.2, -0.15) is 0 Å². The van der Waals surface area contributed by atoms with E-state index in [1.165, 1.54) is 18.2 Å². The first-order valence-corrected chi connectivity index (χ1v) is 8.71. The van der Waals surface area contributed by atoms with Crippen LogP contribution in [0, 0.1) is 5.82 Å². The molecule has 0 radical (unpaired) electrons. The van der Waals surface area contributed by atoms with Gasteiger partial charge in [0, 0.05) is 25.6 Å². The molecular formula is C14H21ClFN3O3S. The van der Waals surface area contributed by atoms with Crippen molar-refractivity contribution in [1.82, 2.24) is 15.4 Å². The molecular weight excluding hydrogens is 345 g/mol. The summed E-state index contributed by atoms with van der Waals surface area (Å²) in [7, 11) is -3.94. The molecule has 1 aliphatic rings. The standard InChI is InChI=1S/C14H20FN3O3S.ClH/c15-12-5-1-2-6-13(12)22(20,21)17-9-7-14(19)18-11-4-3-8-16-10-11;/h1-2,5-6,11,16-17H,3-4,7-10H2,(H,18,19);1H. The molecule has 0 aromatic heterocycles. The molecule has 1 saturated heterocycles. The Labute approximate surface area is 141 Å². The zero-order valence-corrected chi connectivity index (χ0v) is 14.2. The van der Waals surface area contributed by atoms with Crippen LogP contribution in [0.4, 0.5) is 4.39 Å². The molecule has 1 amide bonds. The lowest BCUT2D eigenvalue weighted by molar-refractivity contribution is -0.121. The van der Waals surface area contributed by atoms with E-state index in [0.717, 1.165) is 32.0 Å². The van der Waals surface area contributed by atoms with Gasteiger partial charge in [-0.25, -0.2) is 17.5 Å². The van der Waals surface area contributed by atoms with E-state index in [4.69, 9.17) is 0 Å². The molecule has 1 heterocycles. The summed E-state index contributed by atoms with van der Waals surface area (Å²) in [6, 6.07) is 5.22. The Bertz CT molecular complexity index is 621. The van der Waals surface area contributed by atoms with Gasteiger partial charge in [0.15, 0.2) is 0 Å². The Kier molecular flexibility index (Phi) is 7.90. The van der Waals surface area contributed by atoms with Crippen molar-refractivity contribution in [2.24, 2.45) is 0 Å². The minimum atomic E-state index is -3.94. The van der Waals surface area contributed by atoms with Crippen molar-refractivity contribution in [3.63, 3.8) is 0 Å². The van der Waals surface area contributed by atoms with E-state index >= 15 is 0 Å². The van der Waals surface area contributed by atoms with Crippen LogP contribution in [0.3, 0.4) is 0 Å². The SMILES string of the molecule is Cl.O=C(CCNS(=O)(=O)c1ccccc1F)NC1CCCNC1. The summed E-state index contributed by atoms with van der Waals surface area (Å²) in [5, 5.41) is 6.03. The summed E-state index contributed by atoms with van der Waals surface area (Å²) >= 11 is 0. The highest BCUT2D eigenvalue weighted by Gasteiger charge is 2.19. The van der Waals surface area contributed by atoms with Crippen molar-refractivity contribution in [3.05, 3.63) is 30.1 Å². The number of carbonyl (C=O) groups is 1. The number of halogens is 2. The second kappa shape index (κ2) is 9.17. The van der Waals surface area contributed by atoms with Gasteiger partial charge in [0.2, 0.25) is 15.9 Å². The third-order valence-electron chi connectivity index (χ3n) is 3.43. The topological polar surface area (TPSA) is 87.3 Å². The van der Waals surface area contributed by atoms with E-state index in [-0.39, 0.29) is 37.3 Å². The fourth-order valence-corrected chi connectivity index (χ4v) is 3.42. The number of sulfonamides is 1. The van der Waals surface area contributed by atoms with Gasteiger partial charge in [0.05, 0.1) is 0 Å². The Balaban J connectivity index is 0.00000264. The van der Waals surface area contributed by atoms with Crippen molar-refractivity contribution in [2.75, 3.05) is 19.6 Å². The van der Waals surface area contributed by atoms with Crippen LogP contribution in [0.5, 0.6) is 0 Å². The molecule has 6 nitrogen and oxygen atoms in total. The van der Waals surface area contributed by atoms with Gasteiger partial charge in [-0.3, -0.25) is 4.79 Å². The van der Waals surface area contributed by atoms with Gasteiger partial charge in [0.1, 0.15) is 10.7 Å². The third-order valence-corrected chi connectivity index (χ3v) is 4.93. The first-order chi connectivity index (χ1) is 10.5. The Morgan fingerprint density at radius 2 is 2.09 bits per heavy atom. The first kappa shape index (κ1) is 19.8. The second-order valence-electron chi connectivity index (χ2n) is 5.19. The molecule has 1 aromatic rings. The maximum Gasteiger partial charge on any atom is 0.243 e. The number of carbonyl (C=O) groups excluding carboxylic acids is 1. The van der Waals surface area contributed by atoms with Gasteiger partial charge in [-0.05, 0) is 31.5 Å². The van der Waals surface area contributed by atoms with Gasteiger partial charge >= 0.3 is 0 Å². The molecule has 1 unspecified atom stereocenters. The monoisotopic (exact) mass is 365 g/mol. The van der Waals surface area contributed by atoms with Crippen LogP contribution >= 0.6 is 12.4 Å². The largest absolute Gasteiger partial charge is 0.352 e. The molecule has 0 saturated carbocycles. The van der Waals surface area contributed by atoms with Gasteiger partial charge in [-0.15, -0.1) is 12.4 Å². The first-order valence-electron chi connectivity index (χ1n) is 7.23. The van der Waals surface area contributed by atoms with Crippen molar-refractivity contribution >= 4 is 28.3 Å². The zero-order chi connectivity index (χ0) is 16.0. The molecule has 130 valence electrons. The second-order valence-corrected chi connectivity index (χ2v) is 6.92. The maximum atomic E-state index is 13.5. The molecule has 1 atom stereocenters. The molecule has 9 heteroatoms. The van der Waals surface area contributed by atoms with Crippen LogP contribution in [-0.4, -0.2) is 40.0 Å². The van der Waals surface area contributed by atoms with E-state index in [2.05, 4.69) is 15.4 Å². The summed E-state index contributed by atoms with van der Waals surface area (Å²) in [5.74, 6) is -1.03. The number of benzene rings is 1. The number of piperidine rings is 1.